The lowest BCUT2D eigenvalue weighted by Gasteiger charge is -2.14. The second-order valence-electron chi connectivity index (χ2n) is 4.89. The van der Waals surface area contributed by atoms with Crippen molar-refractivity contribution in [1.82, 2.24) is 5.32 Å². The predicted octanol–water partition coefficient (Wildman–Crippen LogP) is 2.34. The van der Waals surface area contributed by atoms with Gasteiger partial charge in [0.25, 0.3) is 0 Å². The van der Waals surface area contributed by atoms with Crippen LogP contribution in [0.25, 0.3) is 0 Å². The third-order valence-corrected chi connectivity index (χ3v) is 2.97. The van der Waals surface area contributed by atoms with Crippen LogP contribution in [-0.4, -0.2) is 35.8 Å². The summed E-state index contributed by atoms with van der Waals surface area (Å²) in [5.41, 5.74) is -0.123. The van der Waals surface area contributed by atoms with Gasteiger partial charge in [0, 0.05) is 17.1 Å². The Morgan fingerprint density at radius 1 is 1.45 bits per heavy atom. The Labute approximate surface area is 126 Å². The molecule has 1 aromatic carbocycles. The van der Waals surface area contributed by atoms with Gasteiger partial charge in [-0.25, -0.2) is 0 Å². The van der Waals surface area contributed by atoms with Crippen LogP contribution >= 0.6 is 15.9 Å². The second kappa shape index (κ2) is 8.18. The standard InChI is InChI=1S/C13H19BrN2O4/c1-9(2)6-15-7-11(17)8-20-13-4-3-10(14)5-12(13)16(18)19/h3-5,9,11,15,17H,6-8H2,1-2H3. The van der Waals surface area contributed by atoms with Crippen molar-refractivity contribution in [3.05, 3.63) is 32.8 Å². The van der Waals surface area contributed by atoms with E-state index in [1.54, 1.807) is 6.07 Å². The lowest BCUT2D eigenvalue weighted by molar-refractivity contribution is -0.386. The number of aliphatic hydroxyl groups is 1. The van der Waals surface area contributed by atoms with Gasteiger partial charge in [-0.3, -0.25) is 10.1 Å². The molecule has 1 aromatic rings. The molecule has 7 heteroatoms. The van der Waals surface area contributed by atoms with Crippen LogP contribution in [0, 0.1) is 16.0 Å². The topological polar surface area (TPSA) is 84.6 Å². The summed E-state index contributed by atoms with van der Waals surface area (Å²) < 4.78 is 5.93. The highest BCUT2D eigenvalue weighted by Crippen LogP contribution is 2.30. The molecular formula is C13H19BrN2O4. The maximum atomic E-state index is 10.9. The maximum Gasteiger partial charge on any atom is 0.312 e. The summed E-state index contributed by atoms with van der Waals surface area (Å²) in [6, 6.07) is 4.54. The van der Waals surface area contributed by atoms with Gasteiger partial charge in [-0.15, -0.1) is 0 Å². The number of ether oxygens (including phenoxy) is 1. The van der Waals surface area contributed by atoms with E-state index in [-0.39, 0.29) is 18.0 Å². The molecule has 0 radical (unpaired) electrons. The van der Waals surface area contributed by atoms with Crippen molar-refractivity contribution < 1.29 is 14.8 Å². The van der Waals surface area contributed by atoms with E-state index >= 15 is 0 Å². The van der Waals surface area contributed by atoms with Crippen LogP contribution in [0.5, 0.6) is 5.75 Å². The highest BCUT2D eigenvalue weighted by atomic mass is 79.9. The van der Waals surface area contributed by atoms with Gasteiger partial charge in [0.15, 0.2) is 5.75 Å². The Morgan fingerprint density at radius 3 is 2.75 bits per heavy atom. The number of nitrogens with zero attached hydrogens (tertiary/aromatic N) is 1. The number of nitro groups is 1. The fourth-order valence-electron chi connectivity index (χ4n) is 1.54. The molecule has 0 aliphatic heterocycles. The van der Waals surface area contributed by atoms with Crippen molar-refractivity contribution in [1.29, 1.82) is 0 Å². The molecule has 1 unspecified atom stereocenters. The Hall–Kier alpha value is -1.18. The Kier molecular flexibility index (Phi) is 6.90. The Bertz CT molecular complexity index is 454. The number of halogens is 1. The van der Waals surface area contributed by atoms with Gasteiger partial charge in [0.2, 0.25) is 0 Å². The molecule has 20 heavy (non-hydrogen) atoms. The number of nitro benzene ring substituents is 1. The average molecular weight is 347 g/mol. The van der Waals surface area contributed by atoms with E-state index < -0.39 is 11.0 Å². The van der Waals surface area contributed by atoms with E-state index in [0.717, 1.165) is 6.54 Å². The summed E-state index contributed by atoms with van der Waals surface area (Å²) in [5, 5.41) is 23.7. The van der Waals surface area contributed by atoms with Crippen molar-refractivity contribution in [2.75, 3.05) is 19.7 Å². The van der Waals surface area contributed by atoms with Gasteiger partial charge in [-0.05, 0) is 24.6 Å². The average Bonchev–Trinajstić information content (AvgIpc) is 2.36. The summed E-state index contributed by atoms with van der Waals surface area (Å²) in [4.78, 5) is 10.4. The highest BCUT2D eigenvalue weighted by Gasteiger charge is 2.16. The first-order chi connectivity index (χ1) is 9.40. The molecule has 0 aliphatic carbocycles. The number of benzene rings is 1. The number of nitrogens with one attached hydrogen (secondary N) is 1. The molecule has 0 aliphatic rings. The van der Waals surface area contributed by atoms with Crippen molar-refractivity contribution in [2.45, 2.75) is 20.0 Å². The highest BCUT2D eigenvalue weighted by molar-refractivity contribution is 9.10. The SMILES string of the molecule is CC(C)CNCC(O)COc1ccc(Br)cc1[N+](=O)[O-]. The molecule has 0 fully saturated rings. The molecule has 0 amide bonds. The molecule has 1 atom stereocenters. The molecule has 0 heterocycles. The monoisotopic (exact) mass is 346 g/mol. The molecule has 112 valence electrons. The van der Waals surface area contributed by atoms with Crippen LogP contribution in [0.3, 0.4) is 0 Å². The minimum Gasteiger partial charge on any atom is -0.484 e. The molecular weight excluding hydrogens is 328 g/mol. The number of hydrogen-bond donors (Lipinski definition) is 2. The molecule has 0 aromatic heterocycles. The quantitative estimate of drug-likeness (QED) is 0.557. The van der Waals surface area contributed by atoms with Crippen LogP contribution in [0.15, 0.2) is 22.7 Å². The van der Waals surface area contributed by atoms with Gasteiger partial charge >= 0.3 is 5.69 Å². The van der Waals surface area contributed by atoms with Crippen LogP contribution in [-0.2, 0) is 0 Å². The largest absolute Gasteiger partial charge is 0.484 e. The van der Waals surface area contributed by atoms with Crippen molar-refractivity contribution >= 4 is 21.6 Å². The summed E-state index contributed by atoms with van der Waals surface area (Å²) in [6.07, 6.45) is -0.711. The van der Waals surface area contributed by atoms with Gasteiger partial charge in [-0.1, -0.05) is 29.8 Å². The zero-order valence-electron chi connectivity index (χ0n) is 11.5. The lowest BCUT2D eigenvalue weighted by atomic mass is 10.2. The van der Waals surface area contributed by atoms with E-state index in [1.165, 1.54) is 12.1 Å². The first-order valence-corrected chi connectivity index (χ1v) is 7.15. The number of rotatable bonds is 8. The zero-order chi connectivity index (χ0) is 15.1. The lowest BCUT2D eigenvalue weighted by Crippen LogP contribution is -2.33. The van der Waals surface area contributed by atoms with Crippen LogP contribution in [0.1, 0.15) is 13.8 Å². The summed E-state index contributed by atoms with van der Waals surface area (Å²) in [7, 11) is 0. The second-order valence-corrected chi connectivity index (χ2v) is 5.80. The summed E-state index contributed by atoms with van der Waals surface area (Å²) in [5.74, 6) is 0.650. The first-order valence-electron chi connectivity index (χ1n) is 6.35. The molecule has 0 bridgehead atoms. The minimum atomic E-state index is -0.711. The molecule has 0 saturated carbocycles. The smallest absolute Gasteiger partial charge is 0.312 e. The minimum absolute atomic E-state index is 0.00751. The van der Waals surface area contributed by atoms with Crippen molar-refractivity contribution in [2.24, 2.45) is 5.92 Å². The van der Waals surface area contributed by atoms with E-state index in [4.69, 9.17) is 4.74 Å². The Morgan fingerprint density at radius 2 is 2.15 bits per heavy atom. The molecule has 1 rings (SSSR count). The third-order valence-electron chi connectivity index (χ3n) is 2.48. The van der Waals surface area contributed by atoms with Gasteiger partial charge in [0.05, 0.1) is 4.92 Å². The fraction of sp³-hybridized carbons (Fsp3) is 0.538. The fourth-order valence-corrected chi connectivity index (χ4v) is 1.89. The number of hydrogen-bond acceptors (Lipinski definition) is 5. The number of aliphatic hydroxyl groups excluding tert-OH is 1. The summed E-state index contributed by atoms with van der Waals surface area (Å²) >= 11 is 3.17. The van der Waals surface area contributed by atoms with Crippen molar-refractivity contribution in [3.63, 3.8) is 0 Å². The molecule has 6 nitrogen and oxygen atoms in total. The van der Waals surface area contributed by atoms with Crippen LogP contribution in [0.2, 0.25) is 0 Å². The van der Waals surface area contributed by atoms with Crippen LogP contribution < -0.4 is 10.1 Å². The van der Waals surface area contributed by atoms with E-state index in [1.807, 2.05) is 0 Å². The van der Waals surface area contributed by atoms with Gasteiger partial charge in [0.1, 0.15) is 12.7 Å². The van der Waals surface area contributed by atoms with Crippen LogP contribution in [0.4, 0.5) is 5.69 Å². The third kappa shape index (κ3) is 5.85. The van der Waals surface area contributed by atoms with Crippen molar-refractivity contribution in [3.8, 4) is 5.75 Å². The van der Waals surface area contributed by atoms with Gasteiger partial charge < -0.3 is 15.2 Å². The normalized spacial score (nSPS) is 12.4. The molecule has 0 saturated heterocycles. The maximum absolute atomic E-state index is 10.9. The first kappa shape index (κ1) is 16.9. The molecule has 0 spiro atoms. The van der Waals surface area contributed by atoms with E-state index in [0.29, 0.717) is 16.9 Å². The zero-order valence-corrected chi connectivity index (χ0v) is 13.1. The van der Waals surface area contributed by atoms with E-state index in [2.05, 4.69) is 35.1 Å². The Balaban J connectivity index is 2.51. The molecule has 2 N–H and O–H groups in total. The van der Waals surface area contributed by atoms with E-state index in [9.17, 15) is 15.2 Å². The predicted molar refractivity (Wildman–Crippen MR) is 80.0 cm³/mol. The van der Waals surface area contributed by atoms with Gasteiger partial charge in [-0.2, -0.15) is 0 Å². The summed E-state index contributed by atoms with van der Waals surface area (Å²) in [6.45, 7) is 5.34.